The SMILES string of the molecule is Cc1ccc2nc(CCl)n(-c3cc(F)ccc3C)c2n1. The average Bonchev–Trinajstić information content (AvgIpc) is 2.79. The summed E-state index contributed by atoms with van der Waals surface area (Å²) in [7, 11) is 0. The van der Waals surface area contributed by atoms with Crippen molar-refractivity contribution in [2.45, 2.75) is 19.7 Å². The molecule has 0 bridgehead atoms. The largest absolute Gasteiger partial charge is 0.279 e. The molecule has 3 aromatic rings. The van der Waals surface area contributed by atoms with Crippen molar-refractivity contribution in [1.29, 1.82) is 0 Å². The van der Waals surface area contributed by atoms with E-state index in [0.717, 1.165) is 22.5 Å². The van der Waals surface area contributed by atoms with Crippen LogP contribution in [-0.4, -0.2) is 14.5 Å². The van der Waals surface area contributed by atoms with E-state index < -0.39 is 0 Å². The van der Waals surface area contributed by atoms with E-state index in [1.54, 1.807) is 6.07 Å². The van der Waals surface area contributed by atoms with Crippen molar-refractivity contribution >= 4 is 22.8 Å². The topological polar surface area (TPSA) is 30.7 Å². The Morgan fingerprint density at radius 3 is 2.70 bits per heavy atom. The van der Waals surface area contributed by atoms with Gasteiger partial charge in [0.2, 0.25) is 0 Å². The first-order chi connectivity index (χ1) is 9.60. The minimum atomic E-state index is -0.291. The fourth-order valence-electron chi connectivity index (χ4n) is 2.26. The maximum absolute atomic E-state index is 13.6. The van der Waals surface area contributed by atoms with E-state index in [1.807, 2.05) is 30.5 Å². The van der Waals surface area contributed by atoms with Crippen molar-refractivity contribution in [3.8, 4) is 5.69 Å². The van der Waals surface area contributed by atoms with Crippen molar-refractivity contribution in [3.63, 3.8) is 0 Å². The molecule has 5 heteroatoms. The highest BCUT2D eigenvalue weighted by Gasteiger charge is 2.15. The van der Waals surface area contributed by atoms with E-state index in [-0.39, 0.29) is 11.7 Å². The zero-order chi connectivity index (χ0) is 14.3. The zero-order valence-electron chi connectivity index (χ0n) is 11.2. The minimum Gasteiger partial charge on any atom is -0.279 e. The second-order valence-electron chi connectivity index (χ2n) is 4.72. The van der Waals surface area contributed by atoms with Crippen molar-refractivity contribution < 1.29 is 4.39 Å². The smallest absolute Gasteiger partial charge is 0.164 e. The minimum absolute atomic E-state index is 0.241. The van der Waals surface area contributed by atoms with Crippen LogP contribution in [0.15, 0.2) is 30.3 Å². The van der Waals surface area contributed by atoms with Gasteiger partial charge in [-0.2, -0.15) is 0 Å². The fourth-order valence-corrected chi connectivity index (χ4v) is 2.44. The Morgan fingerprint density at radius 1 is 1.15 bits per heavy atom. The number of alkyl halides is 1. The number of imidazole rings is 1. The molecule has 0 aliphatic carbocycles. The van der Waals surface area contributed by atoms with Crippen LogP contribution in [-0.2, 0) is 5.88 Å². The van der Waals surface area contributed by atoms with Crippen LogP contribution in [0.1, 0.15) is 17.1 Å². The summed E-state index contributed by atoms with van der Waals surface area (Å²) in [6, 6.07) is 8.47. The number of aryl methyl sites for hydroxylation is 2. The number of pyridine rings is 1. The monoisotopic (exact) mass is 289 g/mol. The summed E-state index contributed by atoms with van der Waals surface area (Å²) in [6.45, 7) is 3.84. The molecule has 102 valence electrons. The van der Waals surface area contributed by atoms with Gasteiger partial charge in [0.25, 0.3) is 0 Å². The molecule has 1 aromatic carbocycles. The molecule has 0 amide bonds. The third kappa shape index (κ3) is 2.06. The van der Waals surface area contributed by atoms with Crippen molar-refractivity contribution in [1.82, 2.24) is 14.5 Å². The third-order valence-corrected chi connectivity index (χ3v) is 3.48. The molecule has 0 spiro atoms. The van der Waals surface area contributed by atoms with Crippen LogP contribution in [0.3, 0.4) is 0 Å². The van der Waals surface area contributed by atoms with Gasteiger partial charge in [-0.1, -0.05) is 6.07 Å². The molecule has 3 nitrogen and oxygen atoms in total. The molecule has 20 heavy (non-hydrogen) atoms. The predicted octanol–water partition coefficient (Wildman–Crippen LogP) is 3.92. The third-order valence-electron chi connectivity index (χ3n) is 3.24. The highest BCUT2D eigenvalue weighted by atomic mass is 35.5. The molecular weight excluding hydrogens is 277 g/mol. The highest BCUT2D eigenvalue weighted by Crippen LogP contribution is 2.24. The number of fused-ring (bicyclic) bond motifs is 1. The molecule has 0 aliphatic heterocycles. The predicted molar refractivity (Wildman–Crippen MR) is 77.9 cm³/mol. The number of hydrogen-bond acceptors (Lipinski definition) is 2. The summed E-state index contributed by atoms with van der Waals surface area (Å²) >= 11 is 5.98. The Hall–Kier alpha value is -1.94. The second-order valence-corrected chi connectivity index (χ2v) is 4.99. The Bertz CT molecular complexity index is 795. The first kappa shape index (κ1) is 13.1. The summed E-state index contributed by atoms with van der Waals surface area (Å²) in [5.41, 5.74) is 4.01. The van der Waals surface area contributed by atoms with Crippen LogP contribution >= 0.6 is 11.6 Å². The lowest BCUT2D eigenvalue weighted by Crippen LogP contribution is -2.03. The van der Waals surface area contributed by atoms with Crippen molar-refractivity contribution in [2.24, 2.45) is 0 Å². The van der Waals surface area contributed by atoms with Gasteiger partial charge < -0.3 is 0 Å². The van der Waals surface area contributed by atoms with E-state index in [4.69, 9.17) is 11.6 Å². The van der Waals surface area contributed by atoms with Crippen molar-refractivity contribution in [2.75, 3.05) is 0 Å². The lowest BCUT2D eigenvalue weighted by Gasteiger charge is -2.10. The molecule has 2 heterocycles. The second kappa shape index (κ2) is 4.87. The molecule has 0 fully saturated rings. The molecule has 0 radical (unpaired) electrons. The summed E-state index contributed by atoms with van der Waals surface area (Å²) < 4.78 is 15.4. The molecule has 0 saturated heterocycles. The van der Waals surface area contributed by atoms with Gasteiger partial charge in [-0.25, -0.2) is 14.4 Å². The van der Waals surface area contributed by atoms with Gasteiger partial charge in [0, 0.05) is 5.69 Å². The van der Waals surface area contributed by atoms with Crippen LogP contribution in [0.25, 0.3) is 16.9 Å². The Balaban J connectivity index is 2.39. The molecule has 0 saturated carbocycles. The highest BCUT2D eigenvalue weighted by molar-refractivity contribution is 6.16. The molecule has 0 unspecified atom stereocenters. The molecule has 2 aromatic heterocycles. The van der Waals surface area contributed by atoms with Gasteiger partial charge in [-0.15, -0.1) is 11.6 Å². The molecule has 0 N–H and O–H groups in total. The van der Waals surface area contributed by atoms with Crippen LogP contribution in [0, 0.1) is 19.7 Å². The Morgan fingerprint density at radius 2 is 1.95 bits per heavy atom. The first-order valence-electron chi connectivity index (χ1n) is 6.27. The van der Waals surface area contributed by atoms with Crippen LogP contribution in [0.2, 0.25) is 0 Å². The van der Waals surface area contributed by atoms with Gasteiger partial charge >= 0.3 is 0 Å². The fraction of sp³-hybridized carbons (Fsp3) is 0.200. The molecular formula is C15H13ClFN3. The quantitative estimate of drug-likeness (QED) is 0.670. The van der Waals surface area contributed by atoms with Gasteiger partial charge in [0.1, 0.15) is 17.2 Å². The number of nitrogens with zero attached hydrogens (tertiary/aromatic N) is 3. The average molecular weight is 290 g/mol. The summed E-state index contributed by atoms with van der Waals surface area (Å²) in [5, 5.41) is 0. The number of hydrogen-bond donors (Lipinski definition) is 0. The Kier molecular flexibility index (Phi) is 3.18. The standard InChI is InChI=1S/C15H13ClFN3/c1-9-3-5-11(17)7-13(9)20-14(8-16)19-12-6-4-10(2)18-15(12)20/h3-7H,8H2,1-2H3. The van der Waals surface area contributed by atoms with Gasteiger partial charge in [0.15, 0.2) is 5.65 Å². The molecule has 0 atom stereocenters. The zero-order valence-corrected chi connectivity index (χ0v) is 11.9. The van der Waals surface area contributed by atoms with E-state index in [0.29, 0.717) is 11.5 Å². The number of halogens is 2. The lowest BCUT2D eigenvalue weighted by molar-refractivity contribution is 0.626. The summed E-state index contributed by atoms with van der Waals surface area (Å²) in [6.07, 6.45) is 0. The first-order valence-corrected chi connectivity index (χ1v) is 6.81. The van der Waals surface area contributed by atoms with E-state index >= 15 is 0 Å². The number of aromatic nitrogens is 3. The number of benzene rings is 1. The Labute approximate surface area is 121 Å². The molecule has 0 aliphatic rings. The van der Waals surface area contributed by atoms with E-state index in [1.165, 1.54) is 12.1 Å². The normalized spacial score (nSPS) is 11.2. The van der Waals surface area contributed by atoms with Crippen LogP contribution < -0.4 is 0 Å². The van der Waals surface area contributed by atoms with E-state index in [9.17, 15) is 4.39 Å². The van der Waals surface area contributed by atoms with Gasteiger partial charge in [-0.05, 0) is 43.7 Å². The van der Waals surface area contributed by atoms with Crippen LogP contribution in [0.5, 0.6) is 0 Å². The van der Waals surface area contributed by atoms with E-state index in [2.05, 4.69) is 9.97 Å². The summed E-state index contributed by atoms with van der Waals surface area (Å²) in [5.74, 6) is 0.611. The van der Waals surface area contributed by atoms with Crippen LogP contribution in [0.4, 0.5) is 4.39 Å². The molecule has 3 rings (SSSR count). The number of rotatable bonds is 2. The van der Waals surface area contributed by atoms with Gasteiger partial charge in [-0.3, -0.25) is 4.57 Å². The maximum Gasteiger partial charge on any atom is 0.164 e. The van der Waals surface area contributed by atoms with Crippen molar-refractivity contribution in [3.05, 3.63) is 53.2 Å². The summed E-state index contributed by atoms with van der Waals surface area (Å²) in [4.78, 5) is 8.98. The van der Waals surface area contributed by atoms with Gasteiger partial charge in [0.05, 0.1) is 11.6 Å². The maximum atomic E-state index is 13.6. The lowest BCUT2D eigenvalue weighted by atomic mass is 10.2.